The maximum atomic E-state index is 11.5. The van der Waals surface area contributed by atoms with Crippen LogP contribution in [0.2, 0.25) is 0 Å². The number of rotatable bonds is 8. The van der Waals surface area contributed by atoms with Gasteiger partial charge in [-0.25, -0.2) is 0 Å². The molecule has 0 saturated heterocycles. The Hall–Kier alpha value is -1.99. The van der Waals surface area contributed by atoms with Gasteiger partial charge in [0.2, 0.25) is 0 Å². The van der Waals surface area contributed by atoms with Gasteiger partial charge in [-0.3, -0.25) is 9.59 Å². The van der Waals surface area contributed by atoms with Crippen molar-refractivity contribution in [1.82, 2.24) is 25.9 Å². The van der Waals surface area contributed by atoms with Gasteiger partial charge < -0.3 is 10.4 Å². The zero-order valence-corrected chi connectivity index (χ0v) is 11.1. The molecule has 1 rings (SSSR count). The number of nitrogens with one attached hydrogen (secondary N) is 2. The topological polar surface area (TPSA) is 121 Å². The largest absolute Gasteiger partial charge is 0.481 e. The predicted molar refractivity (Wildman–Crippen MR) is 66.3 cm³/mol. The molecule has 0 radical (unpaired) electrons. The van der Waals surface area contributed by atoms with Crippen LogP contribution >= 0.6 is 0 Å². The summed E-state index contributed by atoms with van der Waals surface area (Å²) in [6, 6.07) is 0. The molecule has 0 bridgehead atoms. The molecule has 19 heavy (non-hydrogen) atoms. The molecule has 1 aromatic rings. The first kappa shape index (κ1) is 15.1. The standard InChI is InChI=1S/C11H19N5O3/c1-7(2)8(3-4-9(17)18)5-6-12-11(19)10-13-15-16-14-10/h7-8H,3-6H2,1-2H3,(H,12,19)(H,17,18)(H,13,14,15,16). The number of carbonyl (C=O) groups is 2. The number of H-pyrrole nitrogens is 1. The molecule has 8 heteroatoms. The van der Waals surface area contributed by atoms with Gasteiger partial charge in [0, 0.05) is 13.0 Å². The van der Waals surface area contributed by atoms with Gasteiger partial charge in [0.15, 0.2) is 0 Å². The molecule has 1 aromatic heterocycles. The van der Waals surface area contributed by atoms with Crippen LogP contribution in [0.1, 0.15) is 43.7 Å². The Kier molecular flexibility index (Phi) is 5.91. The molecular weight excluding hydrogens is 250 g/mol. The lowest BCUT2D eigenvalue weighted by Crippen LogP contribution is -2.28. The maximum absolute atomic E-state index is 11.5. The Morgan fingerprint density at radius 3 is 2.63 bits per heavy atom. The van der Waals surface area contributed by atoms with E-state index in [1.807, 2.05) is 13.8 Å². The third-order valence-corrected chi connectivity index (χ3v) is 3.02. The number of amides is 1. The second-order valence-electron chi connectivity index (χ2n) is 4.72. The van der Waals surface area contributed by atoms with Crippen molar-refractivity contribution in [3.63, 3.8) is 0 Å². The number of aromatic amines is 1. The van der Waals surface area contributed by atoms with Crippen LogP contribution in [0.25, 0.3) is 0 Å². The lowest BCUT2D eigenvalue weighted by molar-refractivity contribution is -0.137. The minimum atomic E-state index is -0.790. The Morgan fingerprint density at radius 1 is 1.37 bits per heavy atom. The molecule has 0 saturated carbocycles. The number of carbonyl (C=O) groups excluding carboxylic acids is 1. The highest BCUT2D eigenvalue weighted by molar-refractivity contribution is 5.89. The number of carboxylic acid groups (broad SMARTS) is 1. The van der Waals surface area contributed by atoms with Gasteiger partial charge in [-0.05, 0) is 29.9 Å². The van der Waals surface area contributed by atoms with Crippen LogP contribution in [-0.2, 0) is 4.79 Å². The lowest BCUT2D eigenvalue weighted by Gasteiger charge is -2.19. The van der Waals surface area contributed by atoms with Crippen LogP contribution in [0.15, 0.2) is 0 Å². The fraction of sp³-hybridized carbons (Fsp3) is 0.727. The van der Waals surface area contributed by atoms with Crippen molar-refractivity contribution >= 4 is 11.9 Å². The van der Waals surface area contributed by atoms with E-state index >= 15 is 0 Å². The van der Waals surface area contributed by atoms with Gasteiger partial charge in [-0.2, -0.15) is 5.21 Å². The van der Waals surface area contributed by atoms with Gasteiger partial charge in [0.1, 0.15) is 0 Å². The number of carboxylic acids is 1. The molecule has 0 fully saturated rings. The molecule has 0 aliphatic heterocycles. The van der Waals surface area contributed by atoms with Gasteiger partial charge in [-0.1, -0.05) is 13.8 Å². The van der Waals surface area contributed by atoms with E-state index in [-0.39, 0.29) is 24.1 Å². The Morgan fingerprint density at radius 2 is 2.11 bits per heavy atom. The molecule has 3 N–H and O–H groups in total. The van der Waals surface area contributed by atoms with Crippen molar-refractivity contribution in [2.24, 2.45) is 11.8 Å². The number of nitrogens with zero attached hydrogens (tertiary/aromatic N) is 3. The minimum absolute atomic E-state index is 0.00614. The molecule has 1 heterocycles. The fourth-order valence-electron chi connectivity index (χ4n) is 1.83. The van der Waals surface area contributed by atoms with Crippen LogP contribution in [0, 0.1) is 11.8 Å². The second kappa shape index (κ2) is 7.45. The number of aliphatic carboxylic acids is 1. The number of aromatic nitrogens is 4. The highest BCUT2D eigenvalue weighted by Crippen LogP contribution is 2.20. The van der Waals surface area contributed by atoms with Crippen molar-refractivity contribution in [1.29, 1.82) is 0 Å². The van der Waals surface area contributed by atoms with E-state index in [9.17, 15) is 9.59 Å². The number of hydrogen-bond donors (Lipinski definition) is 3. The van der Waals surface area contributed by atoms with Crippen LogP contribution in [0.3, 0.4) is 0 Å². The third kappa shape index (κ3) is 5.45. The highest BCUT2D eigenvalue weighted by Gasteiger charge is 2.16. The monoisotopic (exact) mass is 269 g/mol. The third-order valence-electron chi connectivity index (χ3n) is 3.02. The zero-order valence-electron chi connectivity index (χ0n) is 11.1. The minimum Gasteiger partial charge on any atom is -0.481 e. The maximum Gasteiger partial charge on any atom is 0.303 e. The fourth-order valence-corrected chi connectivity index (χ4v) is 1.83. The van der Waals surface area contributed by atoms with E-state index in [0.29, 0.717) is 18.9 Å². The molecular formula is C11H19N5O3. The van der Waals surface area contributed by atoms with Crippen molar-refractivity contribution in [3.05, 3.63) is 5.82 Å². The van der Waals surface area contributed by atoms with Crippen molar-refractivity contribution in [2.75, 3.05) is 6.54 Å². The van der Waals surface area contributed by atoms with E-state index in [4.69, 9.17) is 5.11 Å². The smallest absolute Gasteiger partial charge is 0.303 e. The summed E-state index contributed by atoms with van der Waals surface area (Å²) in [6.45, 7) is 4.57. The summed E-state index contributed by atoms with van der Waals surface area (Å²) < 4.78 is 0. The second-order valence-corrected chi connectivity index (χ2v) is 4.72. The quantitative estimate of drug-likeness (QED) is 0.630. The van der Waals surface area contributed by atoms with E-state index in [1.54, 1.807) is 0 Å². The van der Waals surface area contributed by atoms with Gasteiger partial charge in [0.05, 0.1) is 0 Å². The van der Waals surface area contributed by atoms with Crippen molar-refractivity contribution < 1.29 is 14.7 Å². The summed E-state index contributed by atoms with van der Waals surface area (Å²) in [4.78, 5) is 22.1. The summed E-state index contributed by atoms with van der Waals surface area (Å²) in [5.74, 6) is -0.522. The van der Waals surface area contributed by atoms with Crippen LogP contribution in [0.4, 0.5) is 0 Å². The molecule has 8 nitrogen and oxygen atoms in total. The predicted octanol–water partition coefficient (Wildman–Crippen LogP) is 0.457. The number of tetrazole rings is 1. The molecule has 1 atom stereocenters. The van der Waals surface area contributed by atoms with Gasteiger partial charge in [-0.15, -0.1) is 10.2 Å². The zero-order chi connectivity index (χ0) is 14.3. The number of hydrogen-bond acceptors (Lipinski definition) is 5. The molecule has 0 aliphatic rings. The van der Waals surface area contributed by atoms with E-state index in [0.717, 1.165) is 6.42 Å². The van der Waals surface area contributed by atoms with E-state index in [1.165, 1.54) is 0 Å². The summed E-state index contributed by atoms with van der Waals surface area (Å²) in [6.07, 6.45) is 1.50. The molecule has 106 valence electrons. The molecule has 1 unspecified atom stereocenters. The average Bonchev–Trinajstić information content (AvgIpc) is 2.86. The van der Waals surface area contributed by atoms with E-state index < -0.39 is 5.97 Å². The summed E-state index contributed by atoms with van der Waals surface area (Å²) in [7, 11) is 0. The summed E-state index contributed by atoms with van der Waals surface area (Å²) in [5.41, 5.74) is 0. The molecule has 0 aliphatic carbocycles. The van der Waals surface area contributed by atoms with Crippen LogP contribution < -0.4 is 5.32 Å². The molecule has 0 aromatic carbocycles. The Balaban J connectivity index is 2.32. The van der Waals surface area contributed by atoms with Crippen molar-refractivity contribution in [2.45, 2.75) is 33.1 Å². The summed E-state index contributed by atoms with van der Waals surface area (Å²) in [5, 5.41) is 24.0. The Bertz CT molecular complexity index is 404. The molecule has 1 amide bonds. The van der Waals surface area contributed by atoms with Crippen molar-refractivity contribution in [3.8, 4) is 0 Å². The first-order valence-electron chi connectivity index (χ1n) is 6.24. The first-order valence-corrected chi connectivity index (χ1v) is 6.24. The van der Waals surface area contributed by atoms with Gasteiger partial charge in [0.25, 0.3) is 11.7 Å². The molecule has 0 spiro atoms. The highest BCUT2D eigenvalue weighted by atomic mass is 16.4. The SMILES string of the molecule is CC(C)C(CCNC(=O)c1nn[nH]n1)CCC(=O)O. The normalized spacial score (nSPS) is 12.4. The van der Waals surface area contributed by atoms with Crippen LogP contribution in [-0.4, -0.2) is 44.2 Å². The average molecular weight is 269 g/mol. The lowest BCUT2D eigenvalue weighted by atomic mass is 9.88. The van der Waals surface area contributed by atoms with Gasteiger partial charge >= 0.3 is 5.97 Å². The Labute approximate surface area is 111 Å². The van der Waals surface area contributed by atoms with E-state index in [2.05, 4.69) is 25.9 Å². The van der Waals surface area contributed by atoms with Crippen LogP contribution in [0.5, 0.6) is 0 Å². The first-order chi connectivity index (χ1) is 9.00. The summed E-state index contributed by atoms with van der Waals surface area (Å²) >= 11 is 0.